The Morgan fingerprint density at radius 1 is 1.03 bits per heavy atom. The Labute approximate surface area is 232 Å². The van der Waals surface area contributed by atoms with Gasteiger partial charge in [-0.15, -0.1) is 0 Å². The molecule has 1 aromatic heterocycles. The molecule has 4 atom stereocenters. The molecule has 1 aromatic carbocycles. The van der Waals surface area contributed by atoms with Crippen molar-refractivity contribution in [2.45, 2.75) is 80.4 Å². The molecule has 8 nitrogen and oxygen atoms in total. The molecule has 1 aliphatic rings. The molecule has 0 aliphatic carbocycles. The second-order valence-electron chi connectivity index (χ2n) is 13.6. The van der Waals surface area contributed by atoms with Gasteiger partial charge in [0, 0.05) is 17.4 Å². The smallest absolute Gasteiger partial charge is 0.268 e. The molecule has 2 heterocycles. The number of rotatable bonds is 7. The number of para-hydroxylation sites is 1. The number of aromatic nitrogens is 1. The summed E-state index contributed by atoms with van der Waals surface area (Å²) in [5, 5.41) is 6.77. The van der Waals surface area contributed by atoms with Gasteiger partial charge in [-0.05, 0) is 40.4 Å². The van der Waals surface area contributed by atoms with Crippen LogP contribution in [0.25, 0.3) is 10.9 Å². The van der Waals surface area contributed by atoms with Crippen molar-refractivity contribution < 1.29 is 19.2 Å². The standard InChI is InChI=1S/C31H44N4O4/c1-11-22(36)23(29(3,4)5)33-27(38)25-31(9,10)18(2)17-35(25)28(39)24(30(6,7)8)34-26(37)21-16-19-14-12-13-15-20(19)32-21/h11-16,18,23-25,32H,1,17H2,2-10H3,(H,33,38)(H,34,37)/t18-,23-,24-,25-/m1/s1. The second-order valence-corrected chi connectivity index (χ2v) is 13.6. The number of hydrogen-bond donors (Lipinski definition) is 3. The van der Waals surface area contributed by atoms with Crippen LogP contribution in [-0.2, 0) is 14.4 Å². The lowest BCUT2D eigenvalue weighted by Gasteiger charge is -2.39. The van der Waals surface area contributed by atoms with Gasteiger partial charge in [0.15, 0.2) is 5.78 Å². The molecule has 39 heavy (non-hydrogen) atoms. The van der Waals surface area contributed by atoms with E-state index in [1.54, 1.807) is 11.0 Å². The molecule has 3 N–H and O–H groups in total. The van der Waals surface area contributed by atoms with E-state index in [4.69, 9.17) is 0 Å². The Morgan fingerprint density at radius 2 is 1.62 bits per heavy atom. The number of fused-ring (bicyclic) bond motifs is 1. The summed E-state index contributed by atoms with van der Waals surface area (Å²) < 4.78 is 0. The largest absolute Gasteiger partial charge is 0.351 e. The van der Waals surface area contributed by atoms with Crippen molar-refractivity contribution in [2.24, 2.45) is 22.2 Å². The summed E-state index contributed by atoms with van der Waals surface area (Å²) in [4.78, 5) is 58.7. The molecule has 0 unspecified atom stereocenters. The van der Waals surface area contributed by atoms with Gasteiger partial charge in [-0.3, -0.25) is 19.2 Å². The number of likely N-dealkylation sites (tertiary alicyclic amines) is 1. The first kappa shape index (κ1) is 30.1. The molecule has 1 aliphatic heterocycles. The van der Waals surface area contributed by atoms with Gasteiger partial charge in [-0.2, -0.15) is 0 Å². The maximum absolute atomic E-state index is 14.2. The van der Waals surface area contributed by atoms with E-state index in [1.807, 2.05) is 86.6 Å². The number of carbonyl (C=O) groups is 4. The van der Waals surface area contributed by atoms with Gasteiger partial charge in [0.25, 0.3) is 5.91 Å². The third kappa shape index (κ3) is 6.10. The van der Waals surface area contributed by atoms with Gasteiger partial charge in [0.1, 0.15) is 17.8 Å². The van der Waals surface area contributed by atoms with Gasteiger partial charge < -0.3 is 20.5 Å². The fraction of sp³-hybridized carbons (Fsp3) is 0.548. The summed E-state index contributed by atoms with van der Waals surface area (Å²) in [6.45, 7) is 21.2. The zero-order valence-corrected chi connectivity index (χ0v) is 24.8. The van der Waals surface area contributed by atoms with Crippen LogP contribution in [0.15, 0.2) is 43.0 Å². The van der Waals surface area contributed by atoms with Crippen LogP contribution < -0.4 is 10.6 Å². The molecule has 0 bridgehead atoms. The summed E-state index contributed by atoms with van der Waals surface area (Å²) in [6.07, 6.45) is 1.22. The minimum atomic E-state index is -0.888. The number of hydrogen-bond acceptors (Lipinski definition) is 4. The Hall–Kier alpha value is -3.42. The molecule has 8 heteroatoms. The van der Waals surface area contributed by atoms with Crippen molar-refractivity contribution >= 4 is 34.4 Å². The minimum absolute atomic E-state index is 0.00502. The highest BCUT2D eigenvalue weighted by molar-refractivity contribution is 6.02. The average Bonchev–Trinajstić information content (AvgIpc) is 3.36. The molecule has 2 aromatic rings. The second kappa shape index (κ2) is 10.6. The number of amides is 3. The van der Waals surface area contributed by atoms with Crippen LogP contribution in [0, 0.1) is 22.2 Å². The molecule has 1 saturated heterocycles. The summed E-state index contributed by atoms with van der Waals surface area (Å²) in [5.41, 5.74) is -0.564. The van der Waals surface area contributed by atoms with Crippen LogP contribution in [0.5, 0.6) is 0 Å². The third-order valence-corrected chi connectivity index (χ3v) is 8.09. The highest BCUT2D eigenvalue weighted by Crippen LogP contribution is 2.42. The zero-order chi connectivity index (χ0) is 29.5. The number of H-pyrrole nitrogens is 1. The van der Waals surface area contributed by atoms with Crippen LogP contribution in [-0.4, -0.2) is 58.1 Å². The normalized spacial score (nSPS) is 20.8. The summed E-state index contributed by atoms with van der Waals surface area (Å²) in [5.74, 6) is -1.38. The van der Waals surface area contributed by atoms with E-state index in [2.05, 4.69) is 22.2 Å². The zero-order valence-electron chi connectivity index (χ0n) is 24.8. The number of aromatic amines is 1. The number of nitrogens with one attached hydrogen (secondary N) is 3. The fourth-order valence-electron chi connectivity index (χ4n) is 5.28. The molecule has 0 radical (unpaired) electrons. The Kier molecular flexibility index (Phi) is 8.21. The quantitative estimate of drug-likeness (QED) is 0.453. The predicted molar refractivity (Wildman–Crippen MR) is 154 cm³/mol. The van der Waals surface area contributed by atoms with Crippen LogP contribution in [0.1, 0.15) is 72.8 Å². The highest BCUT2D eigenvalue weighted by atomic mass is 16.2. The van der Waals surface area contributed by atoms with Crippen LogP contribution in [0.4, 0.5) is 0 Å². The van der Waals surface area contributed by atoms with E-state index < -0.39 is 40.3 Å². The number of nitrogens with zero attached hydrogens (tertiary/aromatic N) is 1. The number of carbonyl (C=O) groups excluding carboxylic acids is 4. The molecular formula is C31H44N4O4. The number of ketones is 1. The van der Waals surface area contributed by atoms with Gasteiger partial charge in [-0.1, -0.05) is 87.1 Å². The van der Waals surface area contributed by atoms with Crippen LogP contribution in [0.2, 0.25) is 0 Å². The molecular weight excluding hydrogens is 492 g/mol. The predicted octanol–water partition coefficient (Wildman–Crippen LogP) is 4.47. The van der Waals surface area contributed by atoms with Crippen molar-refractivity contribution in [3.8, 4) is 0 Å². The first-order valence-corrected chi connectivity index (χ1v) is 13.5. The number of benzene rings is 1. The maximum Gasteiger partial charge on any atom is 0.268 e. The van der Waals surface area contributed by atoms with E-state index in [1.165, 1.54) is 6.08 Å². The molecule has 3 rings (SSSR count). The van der Waals surface area contributed by atoms with Gasteiger partial charge in [0.05, 0.1) is 6.04 Å². The molecule has 1 fully saturated rings. The van der Waals surface area contributed by atoms with Crippen molar-refractivity contribution in [3.05, 3.63) is 48.7 Å². The van der Waals surface area contributed by atoms with Crippen molar-refractivity contribution in [1.29, 1.82) is 0 Å². The lowest BCUT2D eigenvalue weighted by Crippen LogP contribution is -2.61. The first-order valence-electron chi connectivity index (χ1n) is 13.5. The maximum atomic E-state index is 14.2. The topological polar surface area (TPSA) is 111 Å². The van der Waals surface area contributed by atoms with E-state index in [0.29, 0.717) is 12.2 Å². The van der Waals surface area contributed by atoms with E-state index in [0.717, 1.165) is 10.9 Å². The monoisotopic (exact) mass is 536 g/mol. The van der Waals surface area contributed by atoms with Crippen LogP contribution >= 0.6 is 0 Å². The molecule has 0 saturated carbocycles. The van der Waals surface area contributed by atoms with E-state index in [-0.39, 0.29) is 23.5 Å². The Morgan fingerprint density at radius 3 is 2.15 bits per heavy atom. The third-order valence-electron chi connectivity index (χ3n) is 8.09. The lowest BCUT2D eigenvalue weighted by molar-refractivity contribution is -0.144. The van der Waals surface area contributed by atoms with E-state index >= 15 is 0 Å². The Bertz CT molecular complexity index is 1240. The van der Waals surface area contributed by atoms with Crippen molar-refractivity contribution in [2.75, 3.05) is 6.54 Å². The van der Waals surface area contributed by atoms with Crippen molar-refractivity contribution in [1.82, 2.24) is 20.5 Å². The molecule has 3 amide bonds. The SMILES string of the molecule is C=CC(=O)[C@@H](NC(=O)[C@H]1N(C(=O)[C@@H](NC(=O)c2cc3ccccc3[nH]2)C(C)(C)C)C[C@@H](C)C1(C)C)C(C)(C)C. The summed E-state index contributed by atoms with van der Waals surface area (Å²) in [7, 11) is 0. The van der Waals surface area contributed by atoms with Gasteiger partial charge in [0.2, 0.25) is 11.8 Å². The lowest BCUT2D eigenvalue weighted by atomic mass is 9.76. The van der Waals surface area contributed by atoms with E-state index in [9.17, 15) is 19.2 Å². The van der Waals surface area contributed by atoms with Gasteiger partial charge >= 0.3 is 0 Å². The molecule has 212 valence electrons. The summed E-state index contributed by atoms with van der Waals surface area (Å²) >= 11 is 0. The Balaban J connectivity index is 1.93. The van der Waals surface area contributed by atoms with Gasteiger partial charge in [-0.25, -0.2) is 0 Å². The average molecular weight is 537 g/mol. The first-order chi connectivity index (χ1) is 17.9. The fourth-order valence-corrected chi connectivity index (χ4v) is 5.28. The summed E-state index contributed by atoms with van der Waals surface area (Å²) in [6, 6.07) is 6.84. The van der Waals surface area contributed by atoms with Crippen LogP contribution in [0.3, 0.4) is 0 Å². The molecule has 0 spiro atoms. The highest BCUT2D eigenvalue weighted by Gasteiger charge is 2.54. The van der Waals surface area contributed by atoms with Crippen molar-refractivity contribution in [3.63, 3.8) is 0 Å². The minimum Gasteiger partial charge on any atom is -0.351 e.